The molecule has 0 saturated carbocycles. The first-order chi connectivity index (χ1) is 17.5. The number of carbonyl (C=O) groups excluding carboxylic acids is 2. The summed E-state index contributed by atoms with van der Waals surface area (Å²) in [6.07, 6.45) is 1.08. The van der Waals surface area contributed by atoms with Crippen LogP contribution in [0.25, 0.3) is 5.69 Å². The number of nitrogens with one attached hydrogen (secondary N) is 1. The number of para-hydroxylation sites is 2. The van der Waals surface area contributed by atoms with Crippen LogP contribution in [0, 0.1) is 13.8 Å². The molecule has 1 aliphatic rings. The summed E-state index contributed by atoms with van der Waals surface area (Å²) in [6.45, 7) is 4.29. The van der Waals surface area contributed by atoms with Crippen molar-refractivity contribution in [3.8, 4) is 11.4 Å². The molecule has 0 spiro atoms. The fraction of sp³-hybridized carbons (Fsp3) is 0.214. The molecular weight excluding hydrogens is 472 g/mol. The van der Waals surface area contributed by atoms with E-state index >= 15 is 0 Å². The van der Waals surface area contributed by atoms with Crippen LogP contribution in [-0.4, -0.2) is 32.2 Å². The minimum absolute atomic E-state index is 0.00403. The lowest BCUT2D eigenvalue weighted by atomic mass is 9.99. The van der Waals surface area contributed by atoms with Gasteiger partial charge in [0.1, 0.15) is 12.4 Å². The molecule has 1 aliphatic heterocycles. The summed E-state index contributed by atoms with van der Waals surface area (Å²) < 4.78 is 8.09. The van der Waals surface area contributed by atoms with Crippen molar-refractivity contribution < 1.29 is 14.3 Å². The molecule has 2 heterocycles. The molecule has 0 bridgehead atoms. The number of anilines is 1. The van der Waals surface area contributed by atoms with Crippen LogP contribution in [0.3, 0.4) is 0 Å². The van der Waals surface area contributed by atoms with Gasteiger partial charge in [0.05, 0.1) is 5.75 Å². The minimum atomic E-state index is -0.00403. The van der Waals surface area contributed by atoms with Gasteiger partial charge in [-0.1, -0.05) is 48.2 Å². The molecule has 36 heavy (non-hydrogen) atoms. The van der Waals surface area contributed by atoms with Gasteiger partial charge in [-0.25, -0.2) is 0 Å². The number of nitrogens with zero attached hydrogens (tertiary/aromatic N) is 3. The summed E-state index contributed by atoms with van der Waals surface area (Å²) in [4.78, 5) is 24.6. The highest BCUT2D eigenvalue weighted by molar-refractivity contribution is 7.99. The first kappa shape index (κ1) is 23.8. The number of thioether (sulfide) groups is 1. The zero-order valence-electron chi connectivity index (χ0n) is 20.2. The number of benzene rings is 3. The summed E-state index contributed by atoms with van der Waals surface area (Å²) in [6, 6.07) is 21.3. The summed E-state index contributed by atoms with van der Waals surface area (Å²) in [7, 11) is 0. The number of aromatic nitrogens is 3. The fourth-order valence-electron chi connectivity index (χ4n) is 4.26. The predicted molar refractivity (Wildman–Crippen MR) is 140 cm³/mol. The zero-order chi connectivity index (χ0) is 25.1. The van der Waals surface area contributed by atoms with Gasteiger partial charge in [0.2, 0.25) is 5.91 Å². The topological polar surface area (TPSA) is 86.1 Å². The third-order valence-electron chi connectivity index (χ3n) is 6.12. The third-order valence-corrected chi connectivity index (χ3v) is 7.05. The number of hydrogen-bond donors (Lipinski definition) is 1. The number of ketones is 1. The zero-order valence-corrected chi connectivity index (χ0v) is 21.0. The molecule has 182 valence electrons. The first-order valence-electron chi connectivity index (χ1n) is 11.8. The molecule has 0 fully saturated rings. The highest BCUT2D eigenvalue weighted by atomic mass is 32.2. The number of Topliss-reactive ketones (excluding diaryl/α,β-unsaturated/α-hetero) is 1. The van der Waals surface area contributed by atoms with Crippen LogP contribution in [0.5, 0.6) is 5.75 Å². The van der Waals surface area contributed by atoms with Crippen LogP contribution in [-0.2, 0) is 17.8 Å². The van der Waals surface area contributed by atoms with Gasteiger partial charge in [-0.3, -0.25) is 14.2 Å². The number of carbonyl (C=O) groups is 2. The molecule has 0 radical (unpaired) electrons. The number of rotatable bonds is 8. The molecule has 5 rings (SSSR count). The van der Waals surface area contributed by atoms with E-state index in [1.165, 1.54) is 11.8 Å². The van der Waals surface area contributed by atoms with E-state index in [4.69, 9.17) is 4.74 Å². The molecule has 3 aromatic carbocycles. The molecule has 7 nitrogen and oxygen atoms in total. The second kappa shape index (κ2) is 10.4. The Morgan fingerprint density at radius 1 is 1.00 bits per heavy atom. The largest absolute Gasteiger partial charge is 0.485 e. The van der Waals surface area contributed by atoms with Gasteiger partial charge in [0, 0.05) is 23.4 Å². The average molecular weight is 499 g/mol. The fourth-order valence-corrected chi connectivity index (χ4v) is 5.12. The van der Waals surface area contributed by atoms with Gasteiger partial charge in [0.25, 0.3) is 0 Å². The lowest BCUT2D eigenvalue weighted by molar-refractivity contribution is -0.116. The Hall–Kier alpha value is -3.91. The van der Waals surface area contributed by atoms with Gasteiger partial charge in [0.15, 0.2) is 16.8 Å². The molecule has 1 aromatic heterocycles. The van der Waals surface area contributed by atoms with Gasteiger partial charge in [-0.2, -0.15) is 0 Å². The molecule has 0 saturated heterocycles. The Kier molecular flexibility index (Phi) is 6.86. The number of amides is 1. The van der Waals surface area contributed by atoms with Gasteiger partial charge in [-0.15, -0.1) is 10.2 Å². The molecule has 0 unspecified atom stereocenters. The van der Waals surface area contributed by atoms with E-state index in [-0.39, 0.29) is 24.1 Å². The van der Waals surface area contributed by atoms with Crippen LogP contribution >= 0.6 is 11.8 Å². The second-order valence-electron chi connectivity index (χ2n) is 8.71. The van der Waals surface area contributed by atoms with E-state index in [0.717, 1.165) is 33.8 Å². The number of hydrogen-bond acceptors (Lipinski definition) is 6. The van der Waals surface area contributed by atoms with Crippen molar-refractivity contribution in [2.75, 3.05) is 11.1 Å². The predicted octanol–water partition coefficient (Wildman–Crippen LogP) is 5.32. The summed E-state index contributed by atoms with van der Waals surface area (Å²) in [5, 5.41) is 12.3. The van der Waals surface area contributed by atoms with Crippen molar-refractivity contribution >= 4 is 29.1 Å². The third kappa shape index (κ3) is 5.04. The van der Waals surface area contributed by atoms with Crippen LogP contribution in [0.15, 0.2) is 71.9 Å². The monoisotopic (exact) mass is 498 g/mol. The van der Waals surface area contributed by atoms with E-state index < -0.39 is 0 Å². The SMILES string of the molecule is Cc1cccc(C)c1OCc1nnc(SCC(=O)c2ccc3c(c2)CCC(=O)N3)n1-c1ccccc1. The molecule has 1 amide bonds. The van der Waals surface area contributed by atoms with Crippen molar-refractivity contribution in [2.24, 2.45) is 0 Å². The summed E-state index contributed by atoms with van der Waals surface area (Å²) in [5.41, 5.74) is 5.43. The van der Waals surface area contributed by atoms with Crippen molar-refractivity contribution in [2.45, 2.75) is 38.5 Å². The molecule has 4 aromatic rings. The van der Waals surface area contributed by atoms with E-state index in [0.29, 0.717) is 29.4 Å². The van der Waals surface area contributed by atoms with E-state index in [9.17, 15) is 9.59 Å². The minimum Gasteiger partial charge on any atom is -0.485 e. The molecular formula is C28H26N4O3S. The van der Waals surface area contributed by atoms with Crippen LogP contribution in [0.1, 0.15) is 39.3 Å². The molecule has 8 heteroatoms. The highest BCUT2D eigenvalue weighted by Gasteiger charge is 2.20. The number of ether oxygens (including phenoxy) is 1. The smallest absolute Gasteiger partial charge is 0.224 e. The van der Waals surface area contributed by atoms with Crippen molar-refractivity contribution in [3.63, 3.8) is 0 Å². The van der Waals surface area contributed by atoms with Gasteiger partial charge >= 0.3 is 0 Å². The van der Waals surface area contributed by atoms with Crippen molar-refractivity contribution in [1.82, 2.24) is 14.8 Å². The number of aryl methyl sites for hydroxylation is 3. The van der Waals surface area contributed by atoms with Crippen molar-refractivity contribution in [1.29, 1.82) is 0 Å². The molecule has 1 N–H and O–H groups in total. The Morgan fingerprint density at radius 2 is 1.78 bits per heavy atom. The molecule has 0 aliphatic carbocycles. The standard InChI is InChI=1S/C28H26N4O3S/c1-18-7-6-8-19(2)27(18)35-16-25-30-31-28(32(25)22-9-4-3-5-10-22)36-17-24(33)21-11-13-23-20(15-21)12-14-26(34)29-23/h3-11,13,15H,12,14,16-17H2,1-2H3,(H,29,34). The maximum atomic E-state index is 13.0. The Balaban J connectivity index is 1.35. The average Bonchev–Trinajstić information content (AvgIpc) is 3.30. The lowest BCUT2D eigenvalue weighted by Crippen LogP contribution is -2.19. The van der Waals surface area contributed by atoms with Crippen LogP contribution < -0.4 is 10.1 Å². The highest BCUT2D eigenvalue weighted by Crippen LogP contribution is 2.28. The van der Waals surface area contributed by atoms with E-state index in [2.05, 4.69) is 15.5 Å². The molecule has 0 atom stereocenters. The number of fused-ring (bicyclic) bond motifs is 1. The Morgan fingerprint density at radius 3 is 2.56 bits per heavy atom. The quantitative estimate of drug-likeness (QED) is 0.261. The van der Waals surface area contributed by atoms with Gasteiger partial charge in [-0.05, 0) is 67.3 Å². The van der Waals surface area contributed by atoms with Gasteiger partial charge < -0.3 is 10.1 Å². The van der Waals surface area contributed by atoms with Crippen molar-refractivity contribution in [3.05, 3.63) is 94.8 Å². The second-order valence-corrected chi connectivity index (χ2v) is 9.65. The maximum Gasteiger partial charge on any atom is 0.224 e. The van der Waals surface area contributed by atoms with Crippen LogP contribution in [0.4, 0.5) is 5.69 Å². The summed E-state index contributed by atoms with van der Waals surface area (Å²) in [5.74, 6) is 1.72. The Labute approximate surface area is 213 Å². The van der Waals surface area contributed by atoms with E-state index in [1.807, 2.05) is 73.0 Å². The normalized spacial score (nSPS) is 12.7. The maximum absolute atomic E-state index is 13.0. The van der Waals surface area contributed by atoms with E-state index in [1.54, 1.807) is 12.1 Å². The lowest BCUT2D eigenvalue weighted by Gasteiger charge is -2.17. The Bertz CT molecular complexity index is 1410. The summed E-state index contributed by atoms with van der Waals surface area (Å²) >= 11 is 1.35. The first-order valence-corrected chi connectivity index (χ1v) is 12.8. The van der Waals surface area contributed by atoms with Crippen LogP contribution in [0.2, 0.25) is 0 Å².